The Hall–Kier alpha value is -2.14. The van der Waals surface area contributed by atoms with Crippen LogP contribution >= 0.6 is 0 Å². The van der Waals surface area contributed by atoms with Gasteiger partial charge in [-0.15, -0.1) is 0 Å². The summed E-state index contributed by atoms with van der Waals surface area (Å²) in [5, 5.41) is 1.05. The van der Waals surface area contributed by atoms with Gasteiger partial charge in [0, 0.05) is 24.6 Å². The van der Waals surface area contributed by atoms with Gasteiger partial charge in [-0.1, -0.05) is 25.1 Å². The summed E-state index contributed by atoms with van der Waals surface area (Å²) < 4.78 is 11.0. The Morgan fingerprint density at radius 3 is 3.00 bits per heavy atom. The van der Waals surface area contributed by atoms with Crippen molar-refractivity contribution in [2.75, 3.05) is 20.3 Å². The van der Waals surface area contributed by atoms with Crippen molar-refractivity contribution in [3.05, 3.63) is 35.9 Å². The number of fused-ring (bicyclic) bond motifs is 2. The summed E-state index contributed by atoms with van der Waals surface area (Å²) in [4.78, 5) is 18.9. The SMILES string of the molecule is CC[C@H]1Oc2nc3ccccc3cc2CN(CCOC)C1=O. The molecule has 22 heavy (non-hydrogen) atoms. The standard InChI is InChI=1S/C17H20N2O3/c1-3-15-17(20)19(8-9-21-2)11-13-10-12-6-4-5-7-14(12)18-16(13)22-15/h4-7,10,15H,3,8-9,11H2,1-2H3/t15-/m1/s1. The molecule has 5 heteroatoms. The van der Waals surface area contributed by atoms with E-state index in [1.165, 1.54) is 0 Å². The van der Waals surface area contributed by atoms with Crippen LogP contribution in [-0.4, -0.2) is 42.2 Å². The maximum atomic E-state index is 12.6. The summed E-state index contributed by atoms with van der Waals surface area (Å²) >= 11 is 0. The molecule has 0 spiro atoms. The maximum absolute atomic E-state index is 12.6. The lowest BCUT2D eigenvalue weighted by atomic mass is 10.1. The van der Waals surface area contributed by atoms with Crippen molar-refractivity contribution in [1.82, 2.24) is 9.88 Å². The highest BCUT2D eigenvalue weighted by molar-refractivity contribution is 5.84. The van der Waals surface area contributed by atoms with Crippen LogP contribution in [0, 0.1) is 0 Å². The van der Waals surface area contributed by atoms with Gasteiger partial charge in [-0.25, -0.2) is 4.98 Å². The number of pyridine rings is 1. The van der Waals surface area contributed by atoms with Gasteiger partial charge >= 0.3 is 0 Å². The first-order valence-corrected chi connectivity index (χ1v) is 7.56. The van der Waals surface area contributed by atoms with Crippen LogP contribution in [0.15, 0.2) is 30.3 Å². The average Bonchev–Trinajstić information content (AvgIpc) is 2.67. The molecule has 3 rings (SSSR count). The van der Waals surface area contributed by atoms with Gasteiger partial charge in [-0.05, 0) is 18.6 Å². The largest absolute Gasteiger partial charge is 0.464 e. The molecule has 2 aromatic rings. The summed E-state index contributed by atoms with van der Waals surface area (Å²) in [7, 11) is 1.64. The molecule has 0 N–H and O–H groups in total. The van der Waals surface area contributed by atoms with Crippen molar-refractivity contribution in [3.8, 4) is 5.88 Å². The number of aromatic nitrogens is 1. The molecule has 1 aromatic carbocycles. The van der Waals surface area contributed by atoms with Crippen molar-refractivity contribution >= 4 is 16.8 Å². The van der Waals surface area contributed by atoms with E-state index >= 15 is 0 Å². The lowest BCUT2D eigenvalue weighted by Gasteiger charge is -2.22. The molecule has 1 atom stereocenters. The summed E-state index contributed by atoms with van der Waals surface area (Å²) in [6.45, 7) is 3.52. The minimum Gasteiger partial charge on any atom is -0.464 e. The molecule has 0 fully saturated rings. The summed E-state index contributed by atoms with van der Waals surface area (Å²) in [5.74, 6) is 0.570. The smallest absolute Gasteiger partial charge is 0.264 e. The van der Waals surface area contributed by atoms with Gasteiger partial charge in [-0.2, -0.15) is 0 Å². The number of hydrogen-bond acceptors (Lipinski definition) is 4. The molecule has 1 amide bonds. The second kappa shape index (κ2) is 6.32. The molecule has 0 unspecified atom stereocenters. The predicted octanol–water partition coefficient (Wildman–Crippen LogP) is 2.38. The molecule has 2 heterocycles. The third-order valence-corrected chi connectivity index (χ3v) is 3.90. The number of rotatable bonds is 4. The fourth-order valence-corrected chi connectivity index (χ4v) is 2.68. The van der Waals surface area contributed by atoms with Crippen molar-refractivity contribution < 1.29 is 14.3 Å². The van der Waals surface area contributed by atoms with Gasteiger partial charge in [0.05, 0.1) is 18.7 Å². The number of nitrogens with zero attached hydrogens (tertiary/aromatic N) is 2. The summed E-state index contributed by atoms with van der Waals surface area (Å²) in [5.41, 5.74) is 1.83. The minimum absolute atomic E-state index is 0.00149. The van der Waals surface area contributed by atoms with Gasteiger partial charge in [0.15, 0.2) is 6.10 Å². The van der Waals surface area contributed by atoms with E-state index in [4.69, 9.17) is 9.47 Å². The second-order valence-electron chi connectivity index (χ2n) is 5.41. The zero-order valence-corrected chi connectivity index (χ0v) is 12.9. The molecule has 5 nitrogen and oxygen atoms in total. The molecule has 0 saturated heterocycles. The van der Waals surface area contributed by atoms with Gasteiger partial charge in [0.1, 0.15) is 0 Å². The van der Waals surface area contributed by atoms with E-state index in [0.29, 0.717) is 32.0 Å². The topological polar surface area (TPSA) is 51.7 Å². The predicted molar refractivity (Wildman–Crippen MR) is 83.7 cm³/mol. The highest BCUT2D eigenvalue weighted by atomic mass is 16.5. The number of amides is 1. The van der Waals surface area contributed by atoms with Crippen molar-refractivity contribution in [1.29, 1.82) is 0 Å². The first kappa shape index (κ1) is 14.8. The lowest BCUT2D eigenvalue weighted by molar-refractivity contribution is -0.139. The molecule has 0 radical (unpaired) electrons. The Bertz CT molecular complexity index is 687. The van der Waals surface area contributed by atoms with Gasteiger partial charge in [0.2, 0.25) is 5.88 Å². The lowest BCUT2D eigenvalue weighted by Crippen LogP contribution is -2.40. The van der Waals surface area contributed by atoms with E-state index in [1.54, 1.807) is 12.0 Å². The number of para-hydroxylation sites is 1. The van der Waals surface area contributed by atoms with Gasteiger partial charge < -0.3 is 14.4 Å². The number of carbonyl (C=O) groups excluding carboxylic acids is 1. The fourth-order valence-electron chi connectivity index (χ4n) is 2.68. The van der Waals surface area contributed by atoms with Crippen LogP contribution in [0.25, 0.3) is 10.9 Å². The second-order valence-corrected chi connectivity index (χ2v) is 5.41. The molecular weight excluding hydrogens is 280 g/mol. The highest BCUT2D eigenvalue weighted by Crippen LogP contribution is 2.28. The van der Waals surface area contributed by atoms with E-state index in [-0.39, 0.29) is 5.91 Å². The normalized spacial score (nSPS) is 18.0. The minimum atomic E-state index is -0.480. The van der Waals surface area contributed by atoms with Crippen molar-refractivity contribution in [3.63, 3.8) is 0 Å². The summed E-state index contributed by atoms with van der Waals surface area (Å²) in [6, 6.07) is 9.96. The van der Waals surface area contributed by atoms with Crippen LogP contribution in [0.5, 0.6) is 5.88 Å². The van der Waals surface area contributed by atoms with Crippen molar-refractivity contribution in [2.45, 2.75) is 26.0 Å². The third kappa shape index (κ3) is 2.76. The number of ether oxygens (including phenoxy) is 2. The van der Waals surface area contributed by atoms with Crippen LogP contribution in [0.4, 0.5) is 0 Å². The first-order valence-electron chi connectivity index (χ1n) is 7.56. The quantitative estimate of drug-likeness (QED) is 0.870. The third-order valence-electron chi connectivity index (χ3n) is 3.90. The fraction of sp³-hybridized carbons (Fsp3) is 0.412. The molecule has 1 aromatic heterocycles. The molecule has 0 aliphatic carbocycles. The highest BCUT2D eigenvalue weighted by Gasteiger charge is 2.30. The Balaban J connectivity index is 2.01. The number of carbonyl (C=O) groups is 1. The Labute approximate surface area is 129 Å². The monoisotopic (exact) mass is 300 g/mol. The van der Waals surface area contributed by atoms with Crippen LogP contribution in [-0.2, 0) is 16.1 Å². The molecule has 1 aliphatic rings. The Kier molecular flexibility index (Phi) is 4.24. The maximum Gasteiger partial charge on any atom is 0.264 e. The molecule has 0 saturated carbocycles. The first-order chi connectivity index (χ1) is 10.7. The molecule has 116 valence electrons. The molecule has 1 aliphatic heterocycles. The number of hydrogen-bond donors (Lipinski definition) is 0. The van der Waals surface area contributed by atoms with Crippen LogP contribution in [0.2, 0.25) is 0 Å². The molecule has 0 bridgehead atoms. The van der Waals surface area contributed by atoms with Gasteiger partial charge in [0.25, 0.3) is 5.91 Å². The Morgan fingerprint density at radius 1 is 1.41 bits per heavy atom. The average molecular weight is 300 g/mol. The van der Waals surface area contributed by atoms with Gasteiger partial charge in [-0.3, -0.25) is 4.79 Å². The number of benzene rings is 1. The van der Waals surface area contributed by atoms with E-state index < -0.39 is 6.10 Å². The van der Waals surface area contributed by atoms with E-state index in [2.05, 4.69) is 11.1 Å². The van der Waals surface area contributed by atoms with Crippen LogP contribution in [0.3, 0.4) is 0 Å². The van der Waals surface area contributed by atoms with Crippen molar-refractivity contribution in [2.24, 2.45) is 0 Å². The zero-order valence-electron chi connectivity index (χ0n) is 12.9. The summed E-state index contributed by atoms with van der Waals surface area (Å²) in [6.07, 6.45) is 0.141. The molecular formula is C17H20N2O3. The zero-order chi connectivity index (χ0) is 15.5. The van der Waals surface area contributed by atoms with E-state index in [1.807, 2.05) is 31.2 Å². The Morgan fingerprint density at radius 2 is 2.23 bits per heavy atom. The van der Waals surface area contributed by atoms with E-state index in [0.717, 1.165) is 16.5 Å². The number of methoxy groups -OCH3 is 1. The van der Waals surface area contributed by atoms with Crippen LogP contribution < -0.4 is 4.74 Å². The van der Waals surface area contributed by atoms with E-state index in [9.17, 15) is 4.79 Å². The van der Waals surface area contributed by atoms with Crippen LogP contribution in [0.1, 0.15) is 18.9 Å².